The van der Waals surface area contributed by atoms with Crippen LogP contribution < -0.4 is 10.4 Å². The topological polar surface area (TPSA) is 76.7 Å². The number of carboxylic acids is 1. The minimum Gasteiger partial charge on any atom is -0.489 e. The first kappa shape index (κ1) is 18.6. The zero-order valence-electron chi connectivity index (χ0n) is 14.4. The van der Waals surface area contributed by atoms with E-state index in [1.54, 1.807) is 19.1 Å². The summed E-state index contributed by atoms with van der Waals surface area (Å²) in [5, 5.41) is 9.46. The van der Waals surface area contributed by atoms with Crippen molar-refractivity contribution < 1.29 is 27.8 Å². The summed E-state index contributed by atoms with van der Waals surface area (Å²) in [7, 11) is 0. The Balaban J connectivity index is 1.86. The maximum Gasteiger partial charge on any atom is 0.339 e. The summed E-state index contributed by atoms with van der Waals surface area (Å²) in [5.41, 5.74) is 0.861. The number of fused-ring (bicyclic) bond motifs is 1. The van der Waals surface area contributed by atoms with E-state index in [-0.39, 0.29) is 30.6 Å². The lowest BCUT2D eigenvalue weighted by Crippen LogP contribution is -2.12. The van der Waals surface area contributed by atoms with Gasteiger partial charge in [0.1, 0.15) is 29.6 Å². The molecule has 0 aliphatic heterocycles. The Morgan fingerprint density at radius 1 is 1.19 bits per heavy atom. The molecule has 2 aromatic carbocycles. The molecule has 1 aromatic heterocycles. The third kappa shape index (κ3) is 4.13. The van der Waals surface area contributed by atoms with Crippen LogP contribution in [0.25, 0.3) is 11.0 Å². The van der Waals surface area contributed by atoms with Gasteiger partial charge in [0.25, 0.3) is 0 Å². The van der Waals surface area contributed by atoms with Crippen molar-refractivity contribution in [3.05, 3.63) is 75.1 Å². The lowest BCUT2D eigenvalue weighted by atomic mass is 10.0. The summed E-state index contributed by atoms with van der Waals surface area (Å²) < 4.78 is 37.4. The molecule has 7 heteroatoms. The summed E-state index contributed by atoms with van der Waals surface area (Å²) in [6, 6.07) is 8.05. The minimum atomic E-state index is -0.995. The van der Waals surface area contributed by atoms with Crippen molar-refractivity contribution in [1.29, 1.82) is 0 Å². The van der Waals surface area contributed by atoms with Gasteiger partial charge in [-0.25, -0.2) is 13.6 Å². The van der Waals surface area contributed by atoms with Gasteiger partial charge in [-0.3, -0.25) is 4.79 Å². The molecule has 27 heavy (non-hydrogen) atoms. The molecule has 0 aliphatic carbocycles. The van der Waals surface area contributed by atoms with Gasteiger partial charge < -0.3 is 14.3 Å². The number of benzene rings is 2. The second-order valence-corrected chi connectivity index (χ2v) is 6.07. The Bertz CT molecular complexity index is 1070. The van der Waals surface area contributed by atoms with Crippen LogP contribution >= 0.6 is 0 Å². The Morgan fingerprint density at radius 2 is 1.96 bits per heavy atom. The van der Waals surface area contributed by atoms with Crippen molar-refractivity contribution in [2.45, 2.75) is 26.4 Å². The number of hydrogen-bond donors (Lipinski definition) is 1. The van der Waals surface area contributed by atoms with Gasteiger partial charge in [-0.1, -0.05) is 0 Å². The molecule has 1 N–H and O–H groups in total. The fraction of sp³-hybridized carbons (Fsp3) is 0.200. The molecule has 0 radical (unpaired) electrons. The summed E-state index contributed by atoms with van der Waals surface area (Å²) in [5.74, 6) is -2.02. The maximum atomic E-state index is 13.7. The van der Waals surface area contributed by atoms with E-state index in [0.29, 0.717) is 22.3 Å². The lowest BCUT2D eigenvalue weighted by molar-refractivity contribution is -0.136. The lowest BCUT2D eigenvalue weighted by Gasteiger charge is -2.10. The van der Waals surface area contributed by atoms with Crippen molar-refractivity contribution >= 4 is 16.9 Å². The molecule has 0 amide bonds. The van der Waals surface area contributed by atoms with Gasteiger partial charge in [0.15, 0.2) is 0 Å². The molecule has 0 aliphatic rings. The molecule has 0 atom stereocenters. The van der Waals surface area contributed by atoms with Crippen LogP contribution in [0, 0.1) is 18.6 Å². The number of halogens is 2. The second kappa shape index (κ2) is 7.57. The van der Waals surface area contributed by atoms with E-state index in [2.05, 4.69) is 0 Å². The van der Waals surface area contributed by atoms with Crippen molar-refractivity contribution in [3.63, 3.8) is 0 Å². The molecular weight excluding hydrogens is 358 g/mol. The van der Waals surface area contributed by atoms with E-state index in [1.165, 1.54) is 12.1 Å². The quantitative estimate of drug-likeness (QED) is 0.661. The third-order valence-electron chi connectivity index (χ3n) is 4.26. The van der Waals surface area contributed by atoms with E-state index in [1.807, 2.05) is 0 Å². The molecule has 0 bridgehead atoms. The molecule has 0 saturated carbocycles. The van der Waals surface area contributed by atoms with Crippen molar-refractivity contribution in [2.75, 3.05) is 0 Å². The first-order chi connectivity index (χ1) is 12.8. The molecule has 1 heterocycles. The number of carbonyl (C=O) groups is 1. The predicted octanol–water partition coefficient (Wildman–Crippen LogP) is 3.98. The van der Waals surface area contributed by atoms with Crippen molar-refractivity contribution in [3.8, 4) is 5.75 Å². The van der Waals surface area contributed by atoms with Crippen molar-refractivity contribution in [2.24, 2.45) is 0 Å². The first-order valence-corrected chi connectivity index (χ1v) is 8.20. The Kier molecular flexibility index (Phi) is 5.21. The number of aliphatic carboxylic acids is 1. The zero-order valence-corrected chi connectivity index (χ0v) is 14.4. The molecule has 5 nitrogen and oxygen atoms in total. The van der Waals surface area contributed by atoms with Crippen LogP contribution in [0.2, 0.25) is 0 Å². The smallest absolute Gasteiger partial charge is 0.339 e. The number of rotatable bonds is 6. The summed E-state index contributed by atoms with van der Waals surface area (Å²) in [4.78, 5) is 22.9. The molecule has 3 aromatic rings. The van der Waals surface area contributed by atoms with E-state index in [0.717, 1.165) is 12.1 Å². The average Bonchev–Trinajstić information content (AvgIpc) is 2.60. The minimum absolute atomic E-state index is 0.0849. The summed E-state index contributed by atoms with van der Waals surface area (Å²) in [6.45, 7) is 1.61. The fourth-order valence-corrected chi connectivity index (χ4v) is 2.79. The first-order valence-electron chi connectivity index (χ1n) is 8.20. The fourth-order valence-electron chi connectivity index (χ4n) is 2.79. The van der Waals surface area contributed by atoms with Crippen LogP contribution in [0.5, 0.6) is 5.75 Å². The highest BCUT2D eigenvalue weighted by Crippen LogP contribution is 2.25. The van der Waals surface area contributed by atoms with Gasteiger partial charge in [0.05, 0.1) is 0 Å². The van der Waals surface area contributed by atoms with E-state index < -0.39 is 23.2 Å². The molecule has 3 rings (SSSR count). The number of aryl methyl sites for hydroxylation is 1. The van der Waals surface area contributed by atoms with Gasteiger partial charge in [-0.2, -0.15) is 0 Å². The summed E-state index contributed by atoms with van der Waals surface area (Å²) in [6.07, 6.45) is -0.0803. The molecule has 0 unspecified atom stereocenters. The Hall–Kier alpha value is -3.22. The van der Waals surface area contributed by atoms with Crippen LogP contribution in [0.4, 0.5) is 8.78 Å². The molecule has 140 valence electrons. The highest BCUT2D eigenvalue weighted by Gasteiger charge is 2.13. The van der Waals surface area contributed by atoms with Crippen LogP contribution in [0.15, 0.2) is 45.6 Å². The van der Waals surface area contributed by atoms with Crippen LogP contribution in [0.3, 0.4) is 0 Å². The Morgan fingerprint density at radius 3 is 2.67 bits per heavy atom. The zero-order chi connectivity index (χ0) is 19.6. The normalized spacial score (nSPS) is 10.9. The van der Waals surface area contributed by atoms with E-state index in [4.69, 9.17) is 14.3 Å². The molecule has 0 saturated heterocycles. The molecular formula is C20H16F2O5. The van der Waals surface area contributed by atoms with Gasteiger partial charge >= 0.3 is 11.6 Å². The Labute approximate surface area is 152 Å². The van der Waals surface area contributed by atoms with Gasteiger partial charge in [0.2, 0.25) is 0 Å². The largest absolute Gasteiger partial charge is 0.489 e. The monoisotopic (exact) mass is 374 g/mol. The van der Waals surface area contributed by atoms with E-state index >= 15 is 0 Å². The highest BCUT2D eigenvalue weighted by atomic mass is 19.1. The van der Waals surface area contributed by atoms with E-state index in [9.17, 15) is 18.4 Å². The molecule has 0 fully saturated rings. The van der Waals surface area contributed by atoms with Gasteiger partial charge in [-0.05, 0) is 43.2 Å². The van der Waals surface area contributed by atoms with Crippen LogP contribution in [0.1, 0.15) is 23.1 Å². The number of hydrogen-bond acceptors (Lipinski definition) is 4. The van der Waals surface area contributed by atoms with Gasteiger partial charge in [-0.15, -0.1) is 0 Å². The predicted molar refractivity (Wildman–Crippen MR) is 93.9 cm³/mol. The highest BCUT2D eigenvalue weighted by molar-refractivity contribution is 5.82. The van der Waals surface area contributed by atoms with Gasteiger partial charge in [0, 0.05) is 35.1 Å². The number of carboxylic acid groups (broad SMARTS) is 1. The number of ether oxygens (including phenoxy) is 1. The van der Waals surface area contributed by atoms with Crippen molar-refractivity contribution in [1.82, 2.24) is 0 Å². The maximum absolute atomic E-state index is 13.7. The van der Waals surface area contributed by atoms with Crippen LogP contribution in [-0.2, 0) is 17.8 Å². The standard InChI is InChI=1S/C20H16F2O5/c1-11-15-5-4-14(26-10-12-2-3-13(21)8-17(12)22)9-18(15)27-20(25)16(11)6-7-19(23)24/h2-5,8-9H,6-7,10H2,1H3,(H,23,24). The summed E-state index contributed by atoms with van der Waals surface area (Å²) >= 11 is 0. The third-order valence-corrected chi connectivity index (χ3v) is 4.26. The SMILES string of the molecule is Cc1c(CCC(=O)O)c(=O)oc2cc(OCc3ccc(F)cc3F)ccc12. The second-order valence-electron chi connectivity index (χ2n) is 6.07. The van der Waals surface area contributed by atoms with Crippen LogP contribution in [-0.4, -0.2) is 11.1 Å². The average molecular weight is 374 g/mol. The molecule has 0 spiro atoms.